The van der Waals surface area contributed by atoms with Crippen LogP contribution in [0.15, 0.2) is 52.2 Å². The van der Waals surface area contributed by atoms with Crippen LogP contribution in [0.2, 0.25) is 0 Å². The number of anilines is 1. The molecule has 0 fully saturated rings. The smallest absolute Gasteiger partial charge is 0.191 e. The van der Waals surface area contributed by atoms with Crippen molar-refractivity contribution in [2.45, 2.75) is 19.8 Å². The van der Waals surface area contributed by atoms with Crippen LogP contribution in [-0.2, 0) is 0 Å². The predicted octanol–water partition coefficient (Wildman–Crippen LogP) is 3.72. The van der Waals surface area contributed by atoms with Crippen LogP contribution >= 0.6 is 12.2 Å². The minimum atomic E-state index is 0.435. The number of hydrogen-bond acceptors (Lipinski definition) is 3. The molecule has 1 aromatic heterocycles. The van der Waals surface area contributed by atoms with E-state index in [0.717, 1.165) is 5.69 Å². The SMILES string of the molecule is CC(C)c1ccc(NC(=S)N/N=C\c2ccco2)cc1. The number of rotatable bonds is 4. The maximum atomic E-state index is 5.15. The van der Waals surface area contributed by atoms with Crippen molar-refractivity contribution in [1.29, 1.82) is 0 Å². The Balaban J connectivity index is 1.85. The summed E-state index contributed by atoms with van der Waals surface area (Å²) in [4.78, 5) is 0. The first kappa shape index (κ1) is 14.3. The molecule has 0 aliphatic rings. The van der Waals surface area contributed by atoms with Crippen LogP contribution in [0, 0.1) is 0 Å². The van der Waals surface area contributed by atoms with Crippen molar-refractivity contribution in [2.75, 3.05) is 5.32 Å². The van der Waals surface area contributed by atoms with Gasteiger partial charge in [0, 0.05) is 5.69 Å². The summed E-state index contributed by atoms with van der Waals surface area (Å²) in [5.74, 6) is 1.19. The lowest BCUT2D eigenvalue weighted by molar-refractivity contribution is 0.560. The highest BCUT2D eigenvalue weighted by Crippen LogP contribution is 2.16. The van der Waals surface area contributed by atoms with E-state index in [1.165, 1.54) is 5.56 Å². The van der Waals surface area contributed by atoms with E-state index in [0.29, 0.717) is 16.8 Å². The van der Waals surface area contributed by atoms with Gasteiger partial charge in [-0.25, -0.2) is 0 Å². The minimum absolute atomic E-state index is 0.435. The predicted molar refractivity (Wildman–Crippen MR) is 86.2 cm³/mol. The van der Waals surface area contributed by atoms with Gasteiger partial charge in [-0.05, 0) is 48.0 Å². The molecule has 0 saturated carbocycles. The molecule has 0 unspecified atom stereocenters. The van der Waals surface area contributed by atoms with Gasteiger partial charge in [-0.3, -0.25) is 5.43 Å². The molecule has 0 bridgehead atoms. The van der Waals surface area contributed by atoms with Crippen molar-refractivity contribution in [3.05, 3.63) is 54.0 Å². The van der Waals surface area contributed by atoms with Gasteiger partial charge < -0.3 is 9.73 Å². The molecule has 104 valence electrons. The molecule has 0 spiro atoms. The highest BCUT2D eigenvalue weighted by Gasteiger charge is 2.00. The molecule has 0 aliphatic heterocycles. The van der Waals surface area contributed by atoms with E-state index in [4.69, 9.17) is 16.6 Å². The van der Waals surface area contributed by atoms with Gasteiger partial charge in [0.05, 0.1) is 12.5 Å². The van der Waals surface area contributed by atoms with Gasteiger partial charge in [0.25, 0.3) is 0 Å². The van der Waals surface area contributed by atoms with Crippen LogP contribution in [0.4, 0.5) is 5.69 Å². The second kappa shape index (κ2) is 6.86. The molecule has 0 amide bonds. The molecule has 5 heteroatoms. The second-order valence-electron chi connectivity index (χ2n) is 4.62. The first-order valence-electron chi connectivity index (χ1n) is 6.38. The molecule has 1 heterocycles. The summed E-state index contributed by atoms with van der Waals surface area (Å²) in [6.07, 6.45) is 3.16. The summed E-state index contributed by atoms with van der Waals surface area (Å²) < 4.78 is 5.12. The van der Waals surface area contributed by atoms with Crippen LogP contribution < -0.4 is 10.7 Å². The van der Waals surface area contributed by atoms with E-state index in [-0.39, 0.29) is 0 Å². The van der Waals surface area contributed by atoms with Crippen molar-refractivity contribution < 1.29 is 4.42 Å². The average Bonchev–Trinajstić information content (AvgIpc) is 2.92. The fourth-order valence-electron chi connectivity index (χ4n) is 1.63. The third kappa shape index (κ3) is 4.20. The first-order valence-corrected chi connectivity index (χ1v) is 6.79. The third-order valence-electron chi connectivity index (χ3n) is 2.74. The van der Waals surface area contributed by atoms with Gasteiger partial charge in [-0.2, -0.15) is 5.10 Å². The van der Waals surface area contributed by atoms with Crippen molar-refractivity contribution in [1.82, 2.24) is 5.43 Å². The molecule has 2 aromatic rings. The Morgan fingerprint density at radius 1 is 1.25 bits per heavy atom. The topological polar surface area (TPSA) is 49.6 Å². The summed E-state index contributed by atoms with van der Waals surface area (Å²) in [7, 11) is 0. The average molecular weight is 287 g/mol. The number of thiocarbonyl (C=S) groups is 1. The quantitative estimate of drug-likeness (QED) is 0.511. The molecule has 4 nitrogen and oxygen atoms in total. The lowest BCUT2D eigenvalue weighted by Gasteiger charge is -2.09. The van der Waals surface area contributed by atoms with E-state index < -0.39 is 0 Å². The van der Waals surface area contributed by atoms with Gasteiger partial charge in [0.15, 0.2) is 5.11 Å². The summed E-state index contributed by atoms with van der Waals surface area (Å²) in [6, 6.07) is 11.8. The van der Waals surface area contributed by atoms with Crippen LogP contribution in [0.25, 0.3) is 0 Å². The first-order chi connectivity index (χ1) is 9.65. The van der Waals surface area contributed by atoms with Crippen LogP contribution in [-0.4, -0.2) is 11.3 Å². The zero-order valence-electron chi connectivity index (χ0n) is 11.5. The monoisotopic (exact) mass is 287 g/mol. The second-order valence-corrected chi connectivity index (χ2v) is 5.02. The number of hydrazone groups is 1. The van der Waals surface area contributed by atoms with Crippen molar-refractivity contribution >= 4 is 29.2 Å². The van der Waals surface area contributed by atoms with Gasteiger partial charge in [0.2, 0.25) is 0 Å². The molecule has 1 aromatic carbocycles. The molecular weight excluding hydrogens is 270 g/mol. The van der Waals surface area contributed by atoms with Gasteiger partial charge in [-0.1, -0.05) is 26.0 Å². The Morgan fingerprint density at radius 2 is 2.00 bits per heavy atom. The molecule has 2 rings (SSSR count). The zero-order valence-corrected chi connectivity index (χ0v) is 12.3. The lowest BCUT2D eigenvalue weighted by Crippen LogP contribution is -2.23. The number of nitrogens with one attached hydrogen (secondary N) is 2. The van der Waals surface area contributed by atoms with Gasteiger partial charge in [0.1, 0.15) is 5.76 Å². The van der Waals surface area contributed by atoms with Crippen LogP contribution in [0.5, 0.6) is 0 Å². The van der Waals surface area contributed by atoms with Crippen LogP contribution in [0.3, 0.4) is 0 Å². The Hall–Kier alpha value is -2.14. The molecule has 20 heavy (non-hydrogen) atoms. The summed E-state index contributed by atoms with van der Waals surface area (Å²) in [5.41, 5.74) is 4.96. The fraction of sp³-hybridized carbons (Fsp3) is 0.200. The highest BCUT2D eigenvalue weighted by molar-refractivity contribution is 7.80. The van der Waals surface area contributed by atoms with E-state index >= 15 is 0 Å². The maximum absolute atomic E-state index is 5.15. The number of benzene rings is 1. The van der Waals surface area contributed by atoms with E-state index in [9.17, 15) is 0 Å². The largest absolute Gasteiger partial charge is 0.463 e. The Morgan fingerprint density at radius 3 is 2.60 bits per heavy atom. The van der Waals surface area contributed by atoms with Crippen molar-refractivity contribution in [2.24, 2.45) is 5.10 Å². The molecule has 0 atom stereocenters. The molecule has 2 N–H and O–H groups in total. The standard InChI is InChI=1S/C15H17N3OS/c1-11(2)12-5-7-13(8-6-12)17-15(20)18-16-10-14-4-3-9-19-14/h3-11H,1-2H3,(H2,17,18,20)/b16-10-. The Labute approximate surface area is 123 Å². The van der Waals surface area contributed by atoms with Crippen LogP contribution in [0.1, 0.15) is 31.1 Å². The summed E-state index contributed by atoms with van der Waals surface area (Å²) in [5, 5.41) is 7.48. The Bertz CT molecular complexity index is 574. The minimum Gasteiger partial charge on any atom is -0.463 e. The summed E-state index contributed by atoms with van der Waals surface area (Å²) >= 11 is 5.15. The zero-order chi connectivity index (χ0) is 14.4. The molecular formula is C15H17N3OS. The van der Waals surface area contributed by atoms with E-state index in [2.05, 4.69) is 41.8 Å². The molecule has 0 saturated heterocycles. The van der Waals surface area contributed by atoms with Gasteiger partial charge >= 0.3 is 0 Å². The highest BCUT2D eigenvalue weighted by atomic mass is 32.1. The summed E-state index contributed by atoms with van der Waals surface area (Å²) in [6.45, 7) is 4.33. The number of nitrogens with zero attached hydrogens (tertiary/aromatic N) is 1. The maximum Gasteiger partial charge on any atom is 0.191 e. The Kier molecular flexibility index (Phi) is 4.90. The van der Waals surface area contributed by atoms with E-state index in [1.807, 2.05) is 18.2 Å². The molecule has 0 radical (unpaired) electrons. The van der Waals surface area contributed by atoms with Crippen molar-refractivity contribution in [3.8, 4) is 0 Å². The number of hydrogen-bond donors (Lipinski definition) is 2. The van der Waals surface area contributed by atoms with Crippen molar-refractivity contribution in [3.63, 3.8) is 0 Å². The normalized spacial score (nSPS) is 10.9. The fourth-order valence-corrected chi connectivity index (χ4v) is 1.80. The molecule has 0 aliphatic carbocycles. The van der Waals surface area contributed by atoms with E-state index in [1.54, 1.807) is 18.5 Å². The number of furan rings is 1. The van der Waals surface area contributed by atoms with Gasteiger partial charge in [-0.15, -0.1) is 0 Å². The lowest BCUT2D eigenvalue weighted by atomic mass is 10.0. The third-order valence-corrected chi connectivity index (χ3v) is 2.93.